The maximum absolute atomic E-state index is 11.5. The molecule has 0 saturated heterocycles. The minimum atomic E-state index is -0.677. The van der Waals surface area contributed by atoms with E-state index >= 15 is 0 Å². The second kappa shape index (κ2) is 5.21. The van der Waals surface area contributed by atoms with Crippen LogP contribution in [0.1, 0.15) is 40.2 Å². The third-order valence-electron chi connectivity index (χ3n) is 2.00. The van der Waals surface area contributed by atoms with Gasteiger partial charge in [0.25, 0.3) is 0 Å². The van der Waals surface area contributed by atoms with E-state index in [1.165, 1.54) is 5.92 Å². The number of rotatable bonds is 2. The van der Waals surface area contributed by atoms with Gasteiger partial charge in [-0.1, -0.05) is 26.0 Å². The number of hydrogen-bond donors (Lipinski definition) is 0. The van der Waals surface area contributed by atoms with Crippen molar-refractivity contribution < 1.29 is 14.3 Å². The van der Waals surface area contributed by atoms with Crippen molar-refractivity contribution in [2.24, 2.45) is 0 Å². The first-order valence-corrected chi connectivity index (χ1v) is 5.59. The van der Waals surface area contributed by atoms with E-state index in [1.807, 2.05) is 32.0 Å². The summed E-state index contributed by atoms with van der Waals surface area (Å²) in [5.41, 5.74) is 0.507. The highest BCUT2D eigenvalue weighted by atomic mass is 16.7. The predicted octanol–water partition coefficient (Wildman–Crippen LogP) is 3.96. The molecule has 0 aliphatic carbocycles. The van der Waals surface area contributed by atoms with Gasteiger partial charge in [-0.2, -0.15) is 0 Å². The van der Waals surface area contributed by atoms with E-state index in [2.05, 4.69) is 0 Å². The fourth-order valence-electron chi connectivity index (χ4n) is 1.24. The fraction of sp³-hybridized carbons (Fsp3) is 0.429. The standard InChI is InChI=1S/C14H19O3/c1-10(2)11-7-6-8-12(9-11)16-13(15)17-14(3,4)5/h6-9H,1-5H3. The van der Waals surface area contributed by atoms with Crippen molar-refractivity contribution >= 4 is 6.16 Å². The maximum atomic E-state index is 11.5. The quantitative estimate of drug-likeness (QED) is 0.575. The lowest BCUT2D eigenvalue weighted by atomic mass is 10.0. The lowest BCUT2D eigenvalue weighted by Gasteiger charge is -2.18. The Balaban J connectivity index is 2.69. The lowest BCUT2D eigenvalue weighted by molar-refractivity contribution is 0.0206. The van der Waals surface area contributed by atoms with Gasteiger partial charge in [0.1, 0.15) is 11.4 Å². The maximum Gasteiger partial charge on any atom is 0.514 e. The Bertz CT molecular complexity index is 389. The molecule has 0 atom stereocenters. The molecule has 1 aromatic rings. The third-order valence-corrected chi connectivity index (χ3v) is 2.00. The van der Waals surface area contributed by atoms with Crippen molar-refractivity contribution in [1.82, 2.24) is 0 Å². The number of benzene rings is 1. The zero-order valence-electron chi connectivity index (χ0n) is 11.0. The monoisotopic (exact) mass is 235 g/mol. The van der Waals surface area contributed by atoms with Crippen molar-refractivity contribution in [3.05, 3.63) is 35.7 Å². The molecule has 0 aliphatic heterocycles. The average Bonchev–Trinajstić information content (AvgIpc) is 2.14. The van der Waals surface area contributed by atoms with Crippen molar-refractivity contribution in [3.63, 3.8) is 0 Å². The Labute approximate surface area is 103 Å². The van der Waals surface area contributed by atoms with Crippen LogP contribution < -0.4 is 4.74 Å². The summed E-state index contributed by atoms with van der Waals surface area (Å²) in [6, 6.07) is 7.37. The van der Waals surface area contributed by atoms with Crippen molar-refractivity contribution in [2.75, 3.05) is 0 Å². The molecule has 0 amide bonds. The second-order valence-corrected chi connectivity index (χ2v) is 5.09. The van der Waals surface area contributed by atoms with Crippen LogP contribution in [0.15, 0.2) is 24.3 Å². The highest BCUT2D eigenvalue weighted by Gasteiger charge is 2.18. The van der Waals surface area contributed by atoms with Gasteiger partial charge in [0.2, 0.25) is 0 Å². The Morgan fingerprint density at radius 3 is 2.35 bits per heavy atom. The minimum Gasteiger partial charge on any atom is -0.428 e. The van der Waals surface area contributed by atoms with Crippen LogP contribution in [0.3, 0.4) is 0 Å². The largest absolute Gasteiger partial charge is 0.514 e. The van der Waals surface area contributed by atoms with Gasteiger partial charge in [-0.25, -0.2) is 4.79 Å². The molecule has 1 aromatic carbocycles. The van der Waals surface area contributed by atoms with Gasteiger partial charge in [-0.15, -0.1) is 0 Å². The summed E-state index contributed by atoms with van der Waals surface area (Å²) in [4.78, 5) is 11.5. The number of carbonyl (C=O) groups excluding carboxylic acids is 1. The predicted molar refractivity (Wildman–Crippen MR) is 67.0 cm³/mol. The van der Waals surface area contributed by atoms with Gasteiger partial charge in [-0.3, -0.25) is 0 Å². The molecule has 1 rings (SSSR count). The molecule has 0 bridgehead atoms. The van der Waals surface area contributed by atoms with E-state index < -0.39 is 11.8 Å². The van der Waals surface area contributed by atoms with Crippen molar-refractivity contribution in [2.45, 2.75) is 40.2 Å². The summed E-state index contributed by atoms with van der Waals surface area (Å²) in [5, 5.41) is 0. The molecular weight excluding hydrogens is 216 g/mol. The molecule has 1 radical (unpaired) electrons. The summed E-state index contributed by atoms with van der Waals surface area (Å²) in [6.07, 6.45) is -0.677. The SMILES string of the molecule is C[C](C)c1cccc(OC(=O)OC(C)(C)C)c1. The molecule has 93 valence electrons. The number of ether oxygens (including phenoxy) is 2. The molecule has 0 aromatic heterocycles. The van der Waals surface area contributed by atoms with Gasteiger partial charge in [0.15, 0.2) is 0 Å². The topological polar surface area (TPSA) is 35.5 Å². The molecule has 0 N–H and O–H groups in total. The smallest absolute Gasteiger partial charge is 0.428 e. The van der Waals surface area contributed by atoms with E-state index in [1.54, 1.807) is 26.8 Å². The minimum absolute atomic E-state index is 0.498. The molecule has 0 aliphatic rings. The fourth-order valence-corrected chi connectivity index (χ4v) is 1.24. The highest BCUT2D eigenvalue weighted by molar-refractivity contribution is 5.64. The first kappa shape index (κ1) is 13.6. The van der Waals surface area contributed by atoms with E-state index in [-0.39, 0.29) is 0 Å². The van der Waals surface area contributed by atoms with E-state index in [4.69, 9.17) is 9.47 Å². The molecule has 0 saturated carbocycles. The molecule has 3 heteroatoms. The van der Waals surface area contributed by atoms with Crippen molar-refractivity contribution in [1.29, 1.82) is 0 Å². The number of hydrogen-bond acceptors (Lipinski definition) is 3. The second-order valence-electron chi connectivity index (χ2n) is 5.09. The van der Waals surface area contributed by atoms with Gasteiger partial charge in [0.05, 0.1) is 0 Å². The van der Waals surface area contributed by atoms with Gasteiger partial charge in [0, 0.05) is 0 Å². The Hall–Kier alpha value is -1.51. The van der Waals surface area contributed by atoms with Crippen LogP contribution in [0.5, 0.6) is 5.75 Å². The van der Waals surface area contributed by atoms with Crippen LogP contribution >= 0.6 is 0 Å². The molecular formula is C14H19O3. The summed E-state index contributed by atoms with van der Waals surface area (Å²) in [7, 11) is 0. The molecule has 0 spiro atoms. The Morgan fingerprint density at radius 1 is 1.18 bits per heavy atom. The van der Waals surface area contributed by atoms with Crippen molar-refractivity contribution in [3.8, 4) is 5.75 Å². The van der Waals surface area contributed by atoms with Crippen LogP contribution in [0.4, 0.5) is 4.79 Å². The number of carbonyl (C=O) groups is 1. The van der Waals surface area contributed by atoms with E-state index in [9.17, 15) is 4.79 Å². The van der Waals surface area contributed by atoms with Crippen LogP contribution in [0.2, 0.25) is 0 Å². The molecule has 17 heavy (non-hydrogen) atoms. The van der Waals surface area contributed by atoms with Gasteiger partial charge >= 0.3 is 6.16 Å². The van der Waals surface area contributed by atoms with Crippen LogP contribution in [-0.2, 0) is 4.74 Å². The van der Waals surface area contributed by atoms with Crippen LogP contribution in [0.25, 0.3) is 0 Å². The molecule has 0 heterocycles. The Kier molecular flexibility index (Phi) is 4.16. The van der Waals surface area contributed by atoms with Crippen LogP contribution in [-0.4, -0.2) is 11.8 Å². The van der Waals surface area contributed by atoms with Gasteiger partial charge in [-0.05, 0) is 44.4 Å². The lowest BCUT2D eigenvalue weighted by Crippen LogP contribution is -2.26. The third kappa shape index (κ3) is 4.89. The van der Waals surface area contributed by atoms with Crippen LogP contribution in [0, 0.1) is 5.92 Å². The van der Waals surface area contributed by atoms with E-state index in [0.717, 1.165) is 5.56 Å². The normalized spacial score (nSPS) is 11.4. The molecule has 3 nitrogen and oxygen atoms in total. The molecule has 0 unspecified atom stereocenters. The molecule has 0 fully saturated rings. The Morgan fingerprint density at radius 2 is 1.82 bits per heavy atom. The summed E-state index contributed by atoms with van der Waals surface area (Å²) >= 11 is 0. The van der Waals surface area contributed by atoms with E-state index in [0.29, 0.717) is 5.75 Å². The first-order chi connectivity index (χ1) is 7.78. The average molecular weight is 235 g/mol. The van der Waals surface area contributed by atoms with Gasteiger partial charge < -0.3 is 9.47 Å². The highest BCUT2D eigenvalue weighted by Crippen LogP contribution is 2.20. The summed E-state index contributed by atoms with van der Waals surface area (Å²) < 4.78 is 10.2. The summed E-state index contributed by atoms with van der Waals surface area (Å²) in [6.45, 7) is 9.41. The first-order valence-electron chi connectivity index (χ1n) is 5.59. The zero-order valence-corrected chi connectivity index (χ0v) is 11.0. The zero-order chi connectivity index (χ0) is 13.1. The summed E-state index contributed by atoms with van der Waals surface area (Å²) in [5.74, 6) is 1.66.